The Bertz CT molecular complexity index is 5140. The highest BCUT2D eigenvalue weighted by molar-refractivity contribution is 9.08. The predicted molar refractivity (Wildman–Crippen MR) is 469 cm³/mol. The summed E-state index contributed by atoms with van der Waals surface area (Å²) in [6, 6.07) is 30.0. The first kappa shape index (κ1) is 119. The number of rotatable bonds is 11. The van der Waals surface area contributed by atoms with E-state index in [-0.39, 0.29) is 155 Å². The molecular weight excluding hydrogens is 1830 g/mol. The fourth-order valence-corrected chi connectivity index (χ4v) is 13.7. The van der Waals surface area contributed by atoms with Crippen molar-refractivity contribution in [2.45, 2.75) is 198 Å². The number of carboxylic acid groups (broad SMARTS) is 1. The first-order valence-corrected chi connectivity index (χ1v) is 39.5. The van der Waals surface area contributed by atoms with E-state index < -0.39 is 110 Å². The molecule has 3 amide bonds. The van der Waals surface area contributed by atoms with Crippen molar-refractivity contribution in [3.63, 3.8) is 0 Å². The number of nitrogens with zero attached hydrogens (tertiary/aromatic N) is 13. The van der Waals surface area contributed by atoms with Crippen LogP contribution in [0.3, 0.4) is 0 Å². The minimum atomic E-state index is -4.82. The molecule has 39 heteroatoms. The monoisotopic (exact) mass is 1940 g/mol. The average Bonchev–Trinajstić information content (AvgIpc) is 0.787. The van der Waals surface area contributed by atoms with Gasteiger partial charge in [-0.2, -0.15) is 73.7 Å². The second-order valence-corrected chi connectivity index (χ2v) is 31.8. The fourth-order valence-electron chi connectivity index (χ4n) is 13.3. The van der Waals surface area contributed by atoms with E-state index in [9.17, 15) is 105 Å². The summed E-state index contributed by atoms with van der Waals surface area (Å²) in [5.41, 5.74) is -5.28. The molecular formula is C92H110BrClF16N14O7. The van der Waals surface area contributed by atoms with Gasteiger partial charge in [0.2, 0.25) is 0 Å². The van der Waals surface area contributed by atoms with E-state index in [2.05, 4.69) is 75.4 Å². The highest BCUT2D eigenvalue weighted by Crippen LogP contribution is 2.42. The molecule has 4 aliphatic rings. The number of amides is 3. The SMILES string of the molecule is C.C.C.C.C.C.CC(C)(C)OC(=O)N1CCC(C#N)(Cc2ccc(F)c(C(F)(F)F)c2)CC1.CC(C)(C)OC(=O)N1CCC(C#N)CC1.Cl.Fc1ccc(CBr)cc1C(F)(F)F.N#CC1(Cc2ccc(F)c(C(F)(F)F)c2)CCN(C(=O)c2cccnc2-c2ccncn2)CC1.N#CC1(Cc2ccc(F)c(C(F)(F)F)c2)CCNCC1.O=C(O)c1cccnc1-c1ccncn1. The molecule has 8 aromatic rings. The zero-order valence-electron chi connectivity index (χ0n) is 68.1. The van der Waals surface area contributed by atoms with Gasteiger partial charge in [0.1, 0.15) is 58.5 Å². The number of hydrogen-bond acceptors (Lipinski definition) is 17. The number of carboxylic acids is 1. The van der Waals surface area contributed by atoms with E-state index in [1.165, 1.54) is 54.1 Å². The van der Waals surface area contributed by atoms with Crippen LogP contribution in [0.1, 0.15) is 203 Å². The number of carbonyl (C=O) groups excluding carboxylic acids is 3. The van der Waals surface area contributed by atoms with Crippen molar-refractivity contribution in [2.24, 2.45) is 22.2 Å². The number of carbonyl (C=O) groups is 4. The van der Waals surface area contributed by atoms with Crippen LogP contribution in [0.5, 0.6) is 0 Å². The molecule has 0 aliphatic carbocycles. The lowest BCUT2D eigenvalue weighted by molar-refractivity contribution is -0.140. The van der Waals surface area contributed by atoms with E-state index in [0.717, 1.165) is 61.4 Å². The zero-order valence-corrected chi connectivity index (χ0v) is 70.5. The highest BCUT2D eigenvalue weighted by atomic mass is 79.9. The number of piperidine rings is 4. The molecule has 0 radical (unpaired) electrons. The van der Waals surface area contributed by atoms with Gasteiger partial charge in [0.05, 0.1) is 85.3 Å². The molecule has 4 aromatic carbocycles. The van der Waals surface area contributed by atoms with Gasteiger partial charge in [-0.15, -0.1) is 12.4 Å². The number of halogens is 18. The number of aromatic nitrogens is 6. The standard InChI is InChI=1S/C24H19F4N5O.C19H22F4N2O2.C14H14F4N2.C11H18N2O2.C10H7N3O2.C8H5BrF4.6CH4.ClH/c25-19-4-3-16(12-18(19)24(26,27)28)13-23(14-29)6-10-33(11-7-23)22(34)17-2-1-8-31-21(17)20-5-9-30-15-32-20;1-17(2,3)27-16(26)25-8-6-18(12-24,7-9-25)11-13-4-5-15(20)14(10-13)19(21,22)23;15-12-2-1-10(7-11(12)14(16,17)18)8-13(9-19)3-5-20-6-4-13;1-11(2,3)15-10(14)13-6-4-9(8-12)5-7-13;14-10(15)7-2-1-4-12-9(7)8-3-5-11-6-13-8;9-4-5-1-2-7(10)6(3-5)8(11,12)13;;;;;;;/h1-5,8-9,12,15H,6-7,10-11,13H2;4-5,10H,6-9,11H2,1-3H3;1-2,7,20H,3-6,8H2;9H,4-7H2,1-3H3;1-6H,(H,14,15);1-3H,4H2;6*1H4;1H. The average molecular weight is 1940 g/mol. The van der Waals surface area contributed by atoms with Crippen molar-refractivity contribution in [1.82, 2.24) is 49.9 Å². The molecule has 0 unspecified atom stereocenters. The molecule has 4 fully saturated rings. The van der Waals surface area contributed by atoms with Crippen LogP contribution in [0.15, 0.2) is 147 Å². The van der Waals surface area contributed by atoms with E-state index >= 15 is 0 Å². The Balaban J connectivity index is 0.00000158. The number of nitrogens with one attached hydrogen (secondary N) is 1. The quantitative estimate of drug-likeness (QED) is 0.0898. The Kier molecular flexibility index (Phi) is 47.3. The number of nitriles is 4. The first-order valence-electron chi connectivity index (χ1n) is 38.3. The molecule has 4 saturated heterocycles. The molecule has 12 rings (SSSR count). The number of alkyl halides is 13. The van der Waals surface area contributed by atoms with Crippen molar-refractivity contribution in [2.75, 3.05) is 52.4 Å². The largest absolute Gasteiger partial charge is 0.478 e. The Morgan fingerprint density at radius 2 is 0.763 bits per heavy atom. The number of ether oxygens (including phenoxy) is 2. The number of likely N-dealkylation sites (tertiary alicyclic amines) is 3. The summed E-state index contributed by atoms with van der Waals surface area (Å²) in [5, 5.41) is 49.8. The van der Waals surface area contributed by atoms with Gasteiger partial charge < -0.3 is 34.6 Å². The first-order chi connectivity index (χ1) is 58.1. The van der Waals surface area contributed by atoms with Gasteiger partial charge >= 0.3 is 42.9 Å². The van der Waals surface area contributed by atoms with Crippen LogP contribution < -0.4 is 5.32 Å². The summed E-state index contributed by atoms with van der Waals surface area (Å²) in [6.45, 7) is 14.5. The van der Waals surface area contributed by atoms with Gasteiger partial charge in [-0.1, -0.05) is 84.8 Å². The third-order valence-electron chi connectivity index (χ3n) is 19.8. The van der Waals surface area contributed by atoms with Gasteiger partial charge in [0, 0.05) is 75.3 Å². The number of pyridine rings is 2. The van der Waals surface area contributed by atoms with Gasteiger partial charge in [-0.25, -0.2) is 51.9 Å². The minimum absolute atomic E-state index is 0. The molecule has 2 N–H and O–H groups in total. The number of benzene rings is 4. The molecule has 0 atom stereocenters. The maximum atomic E-state index is 13.6. The molecule has 131 heavy (non-hydrogen) atoms. The topological polar surface area (TPSA) is 301 Å². The lowest BCUT2D eigenvalue weighted by atomic mass is 9.75. The maximum absolute atomic E-state index is 13.6. The second kappa shape index (κ2) is 51.8. The minimum Gasteiger partial charge on any atom is -0.478 e. The third-order valence-corrected chi connectivity index (χ3v) is 20.5. The molecule has 8 heterocycles. The zero-order chi connectivity index (χ0) is 91.8. The Morgan fingerprint density at radius 3 is 1.07 bits per heavy atom. The molecule has 4 aromatic heterocycles. The molecule has 0 saturated carbocycles. The van der Waals surface area contributed by atoms with Crippen molar-refractivity contribution < 1.29 is 104 Å². The third kappa shape index (κ3) is 35.6. The summed E-state index contributed by atoms with van der Waals surface area (Å²) in [7, 11) is 0. The molecule has 0 spiro atoms. The van der Waals surface area contributed by atoms with Crippen molar-refractivity contribution in [3.8, 4) is 47.1 Å². The van der Waals surface area contributed by atoms with Crippen molar-refractivity contribution in [1.29, 1.82) is 21.0 Å². The van der Waals surface area contributed by atoms with Gasteiger partial charge in [0.25, 0.3) is 5.91 Å². The highest BCUT2D eigenvalue weighted by Gasteiger charge is 2.43. The van der Waals surface area contributed by atoms with E-state index in [0.29, 0.717) is 91.3 Å². The van der Waals surface area contributed by atoms with Gasteiger partial charge in [-0.05, 0) is 232 Å². The van der Waals surface area contributed by atoms with Crippen LogP contribution in [0.4, 0.5) is 79.8 Å². The Morgan fingerprint density at radius 1 is 0.450 bits per heavy atom. The smallest absolute Gasteiger partial charge is 0.419 e. The van der Waals surface area contributed by atoms with Crippen molar-refractivity contribution >= 4 is 52.4 Å². The Hall–Kier alpha value is -11.6. The van der Waals surface area contributed by atoms with E-state index in [4.69, 9.17) is 19.8 Å². The van der Waals surface area contributed by atoms with Crippen LogP contribution >= 0.6 is 28.3 Å². The molecule has 0 bridgehead atoms. The summed E-state index contributed by atoms with van der Waals surface area (Å²) in [4.78, 5) is 76.7. The van der Waals surface area contributed by atoms with E-state index in [1.54, 1.807) is 79.5 Å². The molecule has 716 valence electrons. The lowest BCUT2D eigenvalue weighted by Gasteiger charge is -2.38. The van der Waals surface area contributed by atoms with Gasteiger partial charge in [-0.3, -0.25) is 14.8 Å². The summed E-state index contributed by atoms with van der Waals surface area (Å²) in [5.74, 6) is -6.39. The van der Waals surface area contributed by atoms with Crippen LogP contribution in [0, 0.1) is 90.8 Å². The number of aromatic carboxylic acids is 1. The lowest BCUT2D eigenvalue weighted by Crippen LogP contribution is -2.45. The normalized spacial score (nSPS) is 14.8. The summed E-state index contributed by atoms with van der Waals surface area (Å²) in [6.07, 6.45) is -6.62. The summed E-state index contributed by atoms with van der Waals surface area (Å²) < 4.78 is 216. The predicted octanol–water partition coefficient (Wildman–Crippen LogP) is 24.3. The Labute approximate surface area is 768 Å². The van der Waals surface area contributed by atoms with E-state index in [1.807, 2.05) is 20.8 Å². The van der Waals surface area contributed by atoms with Gasteiger partial charge in [0.15, 0.2) is 0 Å². The maximum Gasteiger partial charge on any atom is 0.419 e. The van der Waals surface area contributed by atoms with Crippen LogP contribution in [-0.2, 0) is 58.8 Å². The summed E-state index contributed by atoms with van der Waals surface area (Å²) >= 11 is 2.99. The van der Waals surface area contributed by atoms with Crippen LogP contribution in [-0.4, -0.2) is 137 Å². The molecule has 4 aliphatic heterocycles. The number of hydrogen-bond donors (Lipinski definition) is 2. The van der Waals surface area contributed by atoms with Crippen LogP contribution in [0.2, 0.25) is 0 Å². The fraction of sp³-hybridized carbons (Fsp3) is 0.457. The van der Waals surface area contributed by atoms with Crippen LogP contribution in [0.25, 0.3) is 22.8 Å². The second-order valence-electron chi connectivity index (χ2n) is 31.3. The molecule has 21 nitrogen and oxygen atoms in total. The van der Waals surface area contributed by atoms with Crippen molar-refractivity contribution in [3.05, 3.63) is 226 Å².